The van der Waals surface area contributed by atoms with Crippen molar-refractivity contribution in [1.29, 1.82) is 0 Å². The number of anilines is 1. The summed E-state index contributed by atoms with van der Waals surface area (Å²) in [5.41, 5.74) is 2.77. The molecule has 4 rings (SSSR count). The van der Waals surface area contributed by atoms with E-state index in [-0.39, 0.29) is 24.5 Å². The van der Waals surface area contributed by atoms with E-state index in [9.17, 15) is 14.7 Å². The molecule has 0 spiro atoms. The lowest BCUT2D eigenvalue weighted by atomic mass is 9.89. The summed E-state index contributed by atoms with van der Waals surface area (Å²) in [7, 11) is 0. The predicted octanol–water partition coefficient (Wildman–Crippen LogP) is 0.816. The minimum absolute atomic E-state index is 0.0942. The topological polar surface area (TPSA) is 79.1 Å². The maximum Gasteiger partial charge on any atom is 0.302 e. The van der Waals surface area contributed by atoms with Crippen LogP contribution in [-0.4, -0.2) is 46.3 Å². The van der Waals surface area contributed by atoms with E-state index < -0.39 is 11.8 Å². The summed E-state index contributed by atoms with van der Waals surface area (Å²) in [6, 6.07) is 5.02. The Morgan fingerprint density at radius 3 is 2.88 bits per heavy atom. The molecular weight excluding hydrogens is 312 g/mol. The third-order valence-corrected chi connectivity index (χ3v) is 4.83. The second-order valence-corrected chi connectivity index (χ2v) is 6.40. The first kappa shape index (κ1) is 15.2. The maximum absolute atomic E-state index is 11.7. The maximum atomic E-state index is 11.7. The van der Waals surface area contributed by atoms with Gasteiger partial charge in [-0.3, -0.25) is 9.59 Å². The van der Waals surface area contributed by atoms with E-state index in [0.717, 1.165) is 16.8 Å². The highest BCUT2D eigenvalue weighted by Gasteiger charge is 2.68. The van der Waals surface area contributed by atoms with Gasteiger partial charge in [0.2, 0.25) is 11.7 Å². The van der Waals surface area contributed by atoms with Crippen molar-refractivity contribution in [2.45, 2.75) is 38.3 Å². The van der Waals surface area contributed by atoms with Gasteiger partial charge >= 0.3 is 5.97 Å². The number of nitrogens with zero attached hydrogens (tertiary/aromatic N) is 2. The lowest BCUT2D eigenvalue weighted by Crippen LogP contribution is -2.55. The molecule has 3 unspecified atom stereocenters. The zero-order valence-corrected chi connectivity index (χ0v) is 13.5. The second-order valence-electron chi connectivity index (χ2n) is 6.40. The second kappa shape index (κ2) is 4.81. The number of hydroxylamine groups is 1. The van der Waals surface area contributed by atoms with Crippen LogP contribution in [0.3, 0.4) is 0 Å². The summed E-state index contributed by atoms with van der Waals surface area (Å²) in [5.74, 6) is -2.04. The summed E-state index contributed by atoms with van der Waals surface area (Å²) >= 11 is 0. The van der Waals surface area contributed by atoms with Crippen LogP contribution in [0.15, 0.2) is 24.8 Å². The number of hydrogen-bond donors (Lipinski definition) is 1. The van der Waals surface area contributed by atoms with Crippen molar-refractivity contribution in [3.05, 3.63) is 35.9 Å². The van der Waals surface area contributed by atoms with Crippen LogP contribution < -0.4 is 5.06 Å². The van der Waals surface area contributed by atoms with E-state index in [1.54, 1.807) is 9.96 Å². The highest BCUT2D eigenvalue weighted by Crippen LogP contribution is 2.53. The molecule has 3 atom stereocenters. The normalized spacial score (nSPS) is 29.7. The first-order valence-electron chi connectivity index (χ1n) is 7.77. The smallest absolute Gasteiger partial charge is 0.302 e. The fraction of sp³-hybridized carbons (Fsp3) is 0.412. The third kappa shape index (κ3) is 1.98. The summed E-state index contributed by atoms with van der Waals surface area (Å²) in [4.78, 5) is 30.1. The summed E-state index contributed by atoms with van der Waals surface area (Å²) in [5, 5.41) is 12.6. The van der Waals surface area contributed by atoms with Gasteiger partial charge < -0.3 is 14.7 Å². The third-order valence-electron chi connectivity index (χ3n) is 4.83. The molecule has 3 aliphatic rings. The number of fused-ring (bicyclic) bond motifs is 6. The molecule has 0 aromatic heterocycles. The van der Waals surface area contributed by atoms with Gasteiger partial charge in [0, 0.05) is 25.0 Å². The zero-order valence-electron chi connectivity index (χ0n) is 13.5. The number of esters is 1. The molecular formula is C17H18N2O5. The molecule has 1 N–H and O–H groups in total. The Kier molecular flexibility index (Phi) is 3.04. The van der Waals surface area contributed by atoms with E-state index in [1.165, 1.54) is 13.8 Å². The van der Waals surface area contributed by atoms with Crippen LogP contribution in [0.2, 0.25) is 0 Å². The highest BCUT2D eigenvalue weighted by atomic mass is 16.8. The van der Waals surface area contributed by atoms with Gasteiger partial charge in [0.05, 0.1) is 18.3 Å². The SMILES string of the molecule is C=C1c2ccc(COC(C)=O)cc2N2CC3C(N3C(C)=O)C1(O)O2. The molecule has 2 saturated heterocycles. The highest BCUT2D eigenvalue weighted by molar-refractivity contribution is 5.86. The number of rotatable bonds is 2. The lowest BCUT2D eigenvalue weighted by molar-refractivity contribution is -0.185. The van der Waals surface area contributed by atoms with Gasteiger partial charge in [-0.25, -0.2) is 9.90 Å². The fourth-order valence-corrected chi connectivity index (χ4v) is 3.66. The van der Waals surface area contributed by atoms with Gasteiger partial charge in [0.1, 0.15) is 12.6 Å². The summed E-state index contributed by atoms with van der Waals surface area (Å²) in [6.07, 6.45) is 0. The number of ether oxygens (including phenoxy) is 1. The Morgan fingerprint density at radius 2 is 2.21 bits per heavy atom. The average Bonchev–Trinajstić information content (AvgIpc) is 3.26. The first-order valence-corrected chi connectivity index (χ1v) is 7.77. The molecule has 7 heteroatoms. The molecule has 1 amide bonds. The van der Waals surface area contributed by atoms with E-state index in [2.05, 4.69) is 6.58 Å². The Balaban J connectivity index is 1.70. The van der Waals surface area contributed by atoms with Crippen LogP contribution in [0.25, 0.3) is 5.57 Å². The van der Waals surface area contributed by atoms with Crippen molar-refractivity contribution < 1.29 is 24.3 Å². The van der Waals surface area contributed by atoms with Crippen LogP contribution in [0.1, 0.15) is 25.0 Å². The van der Waals surface area contributed by atoms with Crippen molar-refractivity contribution in [3.8, 4) is 0 Å². The summed E-state index contributed by atoms with van der Waals surface area (Å²) in [6.45, 7) is 7.48. The van der Waals surface area contributed by atoms with Crippen molar-refractivity contribution in [3.63, 3.8) is 0 Å². The molecule has 0 aliphatic carbocycles. The van der Waals surface area contributed by atoms with Crippen molar-refractivity contribution >= 4 is 23.1 Å². The van der Waals surface area contributed by atoms with Gasteiger partial charge in [-0.05, 0) is 11.6 Å². The zero-order chi connectivity index (χ0) is 17.2. The van der Waals surface area contributed by atoms with E-state index in [0.29, 0.717) is 12.1 Å². The number of amides is 1. The van der Waals surface area contributed by atoms with Crippen LogP contribution in [0.4, 0.5) is 5.69 Å². The number of aliphatic hydroxyl groups is 1. The van der Waals surface area contributed by atoms with Crippen molar-refractivity contribution in [2.75, 3.05) is 11.6 Å². The Labute approximate surface area is 139 Å². The minimum Gasteiger partial charge on any atom is -0.461 e. The van der Waals surface area contributed by atoms with E-state index in [1.807, 2.05) is 18.2 Å². The first-order chi connectivity index (χ1) is 11.3. The van der Waals surface area contributed by atoms with Gasteiger partial charge in [-0.1, -0.05) is 18.7 Å². The molecule has 3 aliphatic heterocycles. The molecule has 0 saturated carbocycles. The molecule has 7 nitrogen and oxygen atoms in total. The standard InChI is InChI=1S/C17H18N2O5/c1-9-13-5-4-12(8-23-11(3)21)6-14(13)18-7-15-16(17(9,22)24-18)19(15)10(2)20/h4-6,15-16,22H,1,7-8H2,2-3H3. The number of benzene rings is 1. The van der Waals surface area contributed by atoms with Crippen LogP contribution >= 0.6 is 0 Å². The molecule has 1 aromatic carbocycles. The number of carbonyl (C=O) groups is 2. The van der Waals surface area contributed by atoms with E-state index >= 15 is 0 Å². The Morgan fingerprint density at radius 1 is 1.46 bits per heavy atom. The van der Waals surface area contributed by atoms with Gasteiger partial charge in [-0.15, -0.1) is 0 Å². The quantitative estimate of drug-likeness (QED) is 0.639. The fourth-order valence-electron chi connectivity index (χ4n) is 3.66. The lowest BCUT2D eigenvalue weighted by Gasteiger charge is -2.44. The molecule has 1 aromatic rings. The molecule has 2 bridgehead atoms. The van der Waals surface area contributed by atoms with Crippen molar-refractivity contribution in [1.82, 2.24) is 4.90 Å². The monoisotopic (exact) mass is 330 g/mol. The van der Waals surface area contributed by atoms with Crippen LogP contribution in [-0.2, 0) is 25.8 Å². The van der Waals surface area contributed by atoms with Crippen LogP contribution in [0.5, 0.6) is 0 Å². The van der Waals surface area contributed by atoms with Gasteiger partial charge in [0.25, 0.3) is 0 Å². The molecule has 0 radical (unpaired) electrons. The van der Waals surface area contributed by atoms with Gasteiger partial charge in [-0.2, -0.15) is 0 Å². The van der Waals surface area contributed by atoms with Gasteiger partial charge in [0.15, 0.2) is 0 Å². The van der Waals surface area contributed by atoms with E-state index in [4.69, 9.17) is 9.57 Å². The minimum atomic E-state index is -1.60. The number of carbonyl (C=O) groups excluding carboxylic acids is 2. The molecule has 3 heterocycles. The molecule has 2 fully saturated rings. The molecule has 126 valence electrons. The van der Waals surface area contributed by atoms with Crippen LogP contribution in [0, 0.1) is 0 Å². The largest absolute Gasteiger partial charge is 0.461 e. The Hall–Kier alpha value is -2.38. The predicted molar refractivity (Wildman–Crippen MR) is 84.4 cm³/mol. The van der Waals surface area contributed by atoms with Crippen molar-refractivity contribution in [2.24, 2.45) is 0 Å². The average molecular weight is 330 g/mol. The number of hydrogen-bond acceptors (Lipinski definition) is 6. The Bertz CT molecular complexity index is 776. The summed E-state index contributed by atoms with van der Waals surface area (Å²) < 4.78 is 5.02. The molecule has 24 heavy (non-hydrogen) atoms.